The molecule has 5 rings (SSSR count). The molecular weight excluding hydrogens is 426 g/mol. The van der Waals surface area contributed by atoms with Crippen LogP contribution in [0, 0.1) is 13.8 Å². The first-order valence-corrected chi connectivity index (χ1v) is 11.7. The van der Waals surface area contributed by atoms with Gasteiger partial charge in [0.15, 0.2) is 5.65 Å². The van der Waals surface area contributed by atoms with Gasteiger partial charge in [0, 0.05) is 44.0 Å². The lowest BCUT2D eigenvalue weighted by Gasteiger charge is -2.30. The van der Waals surface area contributed by atoms with Crippen LogP contribution >= 0.6 is 0 Å². The number of rotatable bonds is 5. The molecule has 0 aliphatic carbocycles. The lowest BCUT2D eigenvalue weighted by molar-refractivity contribution is 0.102. The van der Waals surface area contributed by atoms with E-state index in [2.05, 4.69) is 32.0 Å². The topological polar surface area (TPSA) is 71.6 Å². The fraction of sp³-hybridized carbons (Fsp3) is 0.296. The minimum atomic E-state index is -0.258. The molecule has 0 saturated carbocycles. The molecule has 1 amide bonds. The Morgan fingerprint density at radius 1 is 1.09 bits per heavy atom. The predicted molar refractivity (Wildman–Crippen MR) is 133 cm³/mol. The number of amides is 1. The number of carbonyl (C=O) groups is 1. The van der Waals surface area contributed by atoms with E-state index in [0.717, 1.165) is 47.6 Å². The van der Waals surface area contributed by atoms with Crippen LogP contribution in [0.5, 0.6) is 0 Å². The molecule has 34 heavy (non-hydrogen) atoms. The molecule has 0 saturated heterocycles. The van der Waals surface area contributed by atoms with E-state index in [1.807, 2.05) is 57.2 Å². The molecule has 174 valence electrons. The summed E-state index contributed by atoms with van der Waals surface area (Å²) in [6, 6.07) is 16.1. The summed E-state index contributed by atoms with van der Waals surface area (Å²) in [6.07, 6.45) is 2.27. The number of fused-ring (bicyclic) bond motifs is 2. The first-order valence-electron chi connectivity index (χ1n) is 11.7. The SMILES string of the molecule is CCn1c2c(c(=O)n3ncc(C(=O)Nc4cccc(C)c4C)c13)CN(Cc1ccccc1)CC2. The van der Waals surface area contributed by atoms with Gasteiger partial charge in [0.25, 0.3) is 11.5 Å². The second-order valence-corrected chi connectivity index (χ2v) is 8.92. The van der Waals surface area contributed by atoms with Crippen LogP contribution < -0.4 is 10.9 Å². The lowest BCUT2D eigenvalue weighted by Crippen LogP contribution is -2.38. The molecule has 2 aromatic heterocycles. The zero-order valence-electron chi connectivity index (χ0n) is 19.8. The van der Waals surface area contributed by atoms with Crippen LogP contribution in [-0.4, -0.2) is 31.5 Å². The smallest absolute Gasteiger partial charge is 0.279 e. The zero-order valence-corrected chi connectivity index (χ0v) is 19.8. The summed E-state index contributed by atoms with van der Waals surface area (Å²) >= 11 is 0. The van der Waals surface area contributed by atoms with Crippen molar-refractivity contribution in [2.75, 3.05) is 11.9 Å². The lowest BCUT2D eigenvalue weighted by atomic mass is 10.0. The summed E-state index contributed by atoms with van der Waals surface area (Å²) in [5.41, 5.74) is 6.73. The second kappa shape index (κ2) is 8.91. The predicted octanol–water partition coefficient (Wildman–Crippen LogP) is 3.94. The Kier molecular flexibility index (Phi) is 5.79. The van der Waals surface area contributed by atoms with Crippen molar-refractivity contribution in [2.45, 2.75) is 46.8 Å². The quantitative estimate of drug-likeness (QED) is 0.495. The molecule has 0 spiro atoms. The molecule has 4 aromatic rings. The monoisotopic (exact) mass is 455 g/mol. The van der Waals surface area contributed by atoms with E-state index in [-0.39, 0.29) is 11.5 Å². The molecule has 1 aliphatic rings. The van der Waals surface area contributed by atoms with Crippen molar-refractivity contribution in [3.63, 3.8) is 0 Å². The van der Waals surface area contributed by atoms with E-state index in [1.165, 1.54) is 16.3 Å². The minimum Gasteiger partial charge on any atom is -0.329 e. The number of hydrogen-bond donors (Lipinski definition) is 1. The van der Waals surface area contributed by atoms with Gasteiger partial charge in [-0.25, -0.2) is 0 Å². The third kappa shape index (κ3) is 3.82. The van der Waals surface area contributed by atoms with Crippen molar-refractivity contribution < 1.29 is 4.79 Å². The molecule has 7 heteroatoms. The van der Waals surface area contributed by atoms with Crippen molar-refractivity contribution in [1.29, 1.82) is 0 Å². The maximum atomic E-state index is 13.5. The van der Waals surface area contributed by atoms with Crippen molar-refractivity contribution in [3.05, 3.63) is 98.6 Å². The number of anilines is 1. The normalized spacial score (nSPS) is 13.7. The van der Waals surface area contributed by atoms with Gasteiger partial charge >= 0.3 is 0 Å². The van der Waals surface area contributed by atoms with Crippen LogP contribution in [0.3, 0.4) is 0 Å². The summed E-state index contributed by atoms with van der Waals surface area (Å²) in [6.45, 7) is 8.93. The van der Waals surface area contributed by atoms with Gasteiger partial charge in [-0.05, 0) is 43.5 Å². The number of aryl methyl sites for hydroxylation is 2. The fourth-order valence-corrected chi connectivity index (χ4v) is 4.86. The van der Waals surface area contributed by atoms with Gasteiger partial charge in [-0.3, -0.25) is 14.5 Å². The first kappa shape index (κ1) is 22.1. The molecule has 7 nitrogen and oxygen atoms in total. The Hall–Kier alpha value is -3.71. The maximum Gasteiger partial charge on any atom is 0.279 e. The van der Waals surface area contributed by atoms with E-state index in [0.29, 0.717) is 24.3 Å². The fourth-order valence-electron chi connectivity index (χ4n) is 4.86. The molecule has 2 aromatic carbocycles. The molecule has 1 aliphatic heterocycles. The van der Waals surface area contributed by atoms with Gasteiger partial charge < -0.3 is 9.88 Å². The molecule has 1 N–H and O–H groups in total. The van der Waals surface area contributed by atoms with Gasteiger partial charge in [-0.2, -0.15) is 9.61 Å². The Balaban J connectivity index is 1.52. The molecule has 0 fully saturated rings. The molecule has 0 bridgehead atoms. The van der Waals surface area contributed by atoms with Crippen molar-refractivity contribution in [2.24, 2.45) is 0 Å². The number of nitrogens with one attached hydrogen (secondary N) is 1. The number of carbonyl (C=O) groups excluding carboxylic acids is 1. The standard InChI is InChI=1S/C27H29N5O2/c1-4-31-24-13-14-30(16-20-10-6-5-7-11-20)17-22(24)27(34)32-26(31)21(15-28-32)25(33)29-23-12-8-9-18(2)19(23)3/h5-12,15H,4,13-14,16-17H2,1-3H3,(H,29,33). The molecule has 0 atom stereocenters. The molecule has 3 heterocycles. The average molecular weight is 456 g/mol. The van der Waals surface area contributed by atoms with Crippen molar-refractivity contribution in [3.8, 4) is 0 Å². The molecular formula is C27H29N5O2. The Labute approximate surface area is 198 Å². The largest absolute Gasteiger partial charge is 0.329 e. The Morgan fingerprint density at radius 2 is 1.88 bits per heavy atom. The van der Waals surface area contributed by atoms with Crippen LogP contribution in [0.15, 0.2) is 59.5 Å². The average Bonchev–Trinajstić information content (AvgIpc) is 3.29. The summed E-state index contributed by atoms with van der Waals surface area (Å²) in [5.74, 6) is -0.258. The van der Waals surface area contributed by atoms with Gasteiger partial charge in [-0.1, -0.05) is 42.5 Å². The minimum absolute atomic E-state index is 0.141. The third-order valence-electron chi connectivity index (χ3n) is 6.83. The number of aromatic nitrogens is 3. The van der Waals surface area contributed by atoms with Crippen LogP contribution in [-0.2, 0) is 26.1 Å². The maximum absolute atomic E-state index is 13.5. The van der Waals surface area contributed by atoms with Gasteiger partial charge in [0.1, 0.15) is 5.56 Å². The highest BCUT2D eigenvalue weighted by Crippen LogP contribution is 2.24. The zero-order chi connectivity index (χ0) is 23.8. The van der Waals surface area contributed by atoms with Gasteiger partial charge in [0.2, 0.25) is 0 Å². The third-order valence-corrected chi connectivity index (χ3v) is 6.83. The summed E-state index contributed by atoms with van der Waals surface area (Å²) in [7, 11) is 0. The summed E-state index contributed by atoms with van der Waals surface area (Å²) in [4.78, 5) is 29.0. The van der Waals surface area contributed by atoms with Gasteiger partial charge in [0.05, 0.1) is 11.8 Å². The van der Waals surface area contributed by atoms with Crippen molar-refractivity contribution in [1.82, 2.24) is 19.1 Å². The van der Waals surface area contributed by atoms with E-state index < -0.39 is 0 Å². The highest BCUT2D eigenvalue weighted by molar-refractivity contribution is 6.08. The highest BCUT2D eigenvalue weighted by Gasteiger charge is 2.27. The highest BCUT2D eigenvalue weighted by atomic mass is 16.2. The first-order chi connectivity index (χ1) is 16.5. The summed E-state index contributed by atoms with van der Waals surface area (Å²) < 4.78 is 3.48. The van der Waals surface area contributed by atoms with Gasteiger partial charge in [-0.15, -0.1) is 0 Å². The Bertz CT molecular complexity index is 1440. The number of hydrogen-bond acceptors (Lipinski definition) is 4. The van der Waals surface area contributed by atoms with Crippen LogP contribution in [0.25, 0.3) is 5.65 Å². The number of benzene rings is 2. The van der Waals surface area contributed by atoms with Crippen LogP contribution in [0.1, 0.15) is 45.2 Å². The van der Waals surface area contributed by atoms with Crippen LogP contribution in [0.2, 0.25) is 0 Å². The molecule has 0 unspecified atom stereocenters. The van der Waals surface area contributed by atoms with Crippen molar-refractivity contribution >= 4 is 17.2 Å². The molecule has 0 radical (unpaired) electrons. The number of nitrogens with zero attached hydrogens (tertiary/aromatic N) is 4. The summed E-state index contributed by atoms with van der Waals surface area (Å²) in [5, 5.41) is 7.37. The van der Waals surface area contributed by atoms with E-state index in [1.54, 1.807) is 0 Å². The van der Waals surface area contributed by atoms with E-state index in [4.69, 9.17) is 0 Å². The van der Waals surface area contributed by atoms with E-state index in [9.17, 15) is 9.59 Å². The van der Waals surface area contributed by atoms with Crippen LogP contribution in [0.4, 0.5) is 5.69 Å². The Morgan fingerprint density at radius 3 is 2.65 bits per heavy atom. The second-order valence-electron chi connectivity index (χ2n) is 8.92. The van der Waals surface area contributed by atoms with E-state index >= 15 is 0 Å².